The van der Waals surface area contributed by atoms with Gasteiger partial charge in [-0.25, -0.2) is 0 Å². The number of benzene rings is 5. The van der Waals surface area contributed by atoms with Crippen LogP contribution in [0.2, 0.25) is 0 Å². The summed E-state index contributed by atoms with van der Waals surface area (Å²) in [5.74, 6) is 0. The highest BCUT2D eigenvalue weighted by atomic mass is 79.9. The molecule has 0 saturated carbocycles. The van der Waals surface area contributed by atoms with Crippen LogP contribution >= 0.6 is 23.9 Å². The molecule has 0 spiro atoms. The van der Waals surface area contributed by atoms with Gasteiger partial charge in [-0.3, -0.25) is 0 Å². The Balaban J connectivity index is 0.000000166. The maximum absolute atomic E-state index is 3.44. The molecule has 0 aliphatic rings. The topological polar surface area (TPSA) is 0 Å². The van der Waals surface area contributed by atoms with Gasteiger partial charge in [0.1, 0.15) is 0 Å². The van der Waals surface area contributed by atoms with Crippen LogP contribution in [0.25, 0.3) is 10.8 Å². The first-order valence-corrected chi connectivity index (χ1v) is 12.8. The predicted molar refractivity (Wildman–Crippen MR) is 142 cm³/mol. The van der Waals surface area contributed by atoms with Gasteiger partial charge in [-0.2, -0.15) is 0 Å². The van der Waals surface area contributed by atoms with Crippen LogP contribution < -0.4 is 15.9 Å². The predicted octanol–water partition coefficient (Wildman–Crippen LogP) is 7.18. The van der Waals surface area contributed by atoms with E-state index in [0.717, 1.165) is 5.33 Å². The molecule has 152 valence electrons. The van der Waals surface area contributed by atoms with Crippen LogP contribution in [0.1, 0.15) is 5.56 Å². The Hall–Kier alpha value is -2.73. The zero-order chi connectivity index (χ0) is 21.3. The lowest BCUT2D eigenvalue weighted by Crippen LogP contribution is -2.20. The Kier molecular flexibility index (Phi) is 7.66. The van der Waals surface area contributed by atoms with E-state index in [9.17, 15) is 0 Å². The Morgan fingerprint density at radius 3 is 1.32 bits per heavy atom. The third-order valence-electron chi connectivity index (χ3n) is 5.01. The SMILES string of the molecule is BrCc1ccc2ccccc2c1.c1ccc(P(c2ccccc2)c2ccccc2)cc1. The largest absolute Gasteiger partial charge is 0.0876 e. The van der Waals surface area contributed by atoms with Crippen molar-refractivity contribution in [2.24, 2.45) is 0 Å². The molecule has 0 unspecified atom stereocenters. The van der Waals surface area contributed by atoms with E-state index in [1.54, 1.807) is 0 Å². The lowest BCUT2D eigenvalue weighted by molar-refractivity contribution is 1.47. The van der Waals surface area contributed by atoms with E-state index in [0.29, 0.717) is 0 Å². The van der Waals surface area contributed by atoms with Crippen molar-refractivity contribution in [3.8, 4) is 0 Å². The summed E-state index contributed by atoms with van der Waals surface area (Å²) in [5.41, 5.74) is 1.33. The van der Waals surface area contributed by atoms with Crippen molar-refractivity contribution < 1.29 is 0 Å². The van der Waals surface area contributed by atoms with Crippen molar-refractivity contribution in [3.63, 3.8) is 0 Å². The first-order valence-electron chi connectivity index (χ1n) is 10.3. The number of alkyl halides is 1. The molecule has 31 heavy (non-hydrogen) atoms. The molecule has 0 N–H and O–H groups in total. The molecule has 5 aromatic rings. The Morgan fingerprint density at radius 2 is 0.871 bits per heavy atom. The lowest BCUT2D eigenvalue weighted by atomic mass is 10.1. The average Bonchev–Trinajstić information content (AvgIpc) is 2.86. The minimum absolute atomic E-state index is 0.446. The van der Waals surface area contributed by atoms with Crippen LogP contribution in [0.4, 0.5) is 0 Å². The zero-order valence-corrected chi connectivity index (χ0v) is 19.7. The number of fused-ring (bicyclic) bond motifs is 1. The quantitative estimate of drug-likeness (QED) is 0.188. The minimum atomic E-state index is -0.446. The van der Waals surface area contributed by atoms with E-state index in [1.165, 1.54) is 32.2 Å². The van der Waals surface area contributed by atoms with Crippen molar-refractivity contribution in [3.05, 3.63) is 139 Å². The third kappa shape index (κ3) is 5.70. The second-order valence-corrected chi connectivity index (χ2v) is 9.94. The molecule has 5 rings (SSSR count). The van der Waals surface area contributed by atoms with Gasteiger partial charge < -0.3 is 0 Å². The highest BCUT2D eigenvalue weighted by Crippen LogP contribution is 2.32. The lowest BCUT2D eigenvalue weighted by Gasteiger charge is -2.18. The minimum Gasteiger partial charge on any atom is -0.0876 e. The van der Waals surface area contributed by atoms with Gasteiger partial charge in [0.15, 0.2) is 0 Å². The zero-order valence-electron chi connectivity index (χ0n) is 17.2. The molecule has 0 bridgehead atoms. The molecular formula is C29H24BrP. The summed E-state index contributed by atoms with van der Waals surface area (Å²) in [6, 6.07) is 47.3. The molecule has 0 heterocycles. The molecule has 0 aliphatic heterocycles. The van der Waals surface area contributed by atoms with E-state index in [1.807, 2.05) is 0 Å². The Bertz CT molecular complexity index is 1110. The summed E-state index contributed by atoms with van der Waals surface area (Å²) in [5, 5.41) is 7.74. The van der Waals surface area contributed by atoms with Gasteiger partial charge in [-0.05, 0) is 40.2 Å². The van der Waals surface area contributed by atoms with Gasteiger partial charge in [0.25, 0.3) is 0 Å². The second-order valence-electron chi connectivity index (χ2n) is 7.16. The fourth-order valence-electron chi connectivity index (χ4n) is 3.50. The molecule has 0 nitrogen and oxygen atoms in total. The summed E-state index contributed by atoms with van der Waals surface area (Å²) in [6.07, 6.45) is 0. The molecule has 0 amide bonds. The van der Waals surface area contributed by atoms with Gasteiger partial charge in [-0.15, -0.1) is 0 Å². The van der Waals surface area contributed by atoms with Crippen LogP contribution in [0.5, 0.6) is 0 Å². The molecular weight excluding hydrogens is 459 g/mol. The molecule has 2 heteroatoms. The summed E-state index contributed by atoms with van der Waals surface area (Å²) in [6.45, 7) is 0. The Morgan fingerprint density at radius 1 is 0.452 bits per heavy atom. The fraction of sp³-hybridized carbons (Fsp3) is 0.0345. The fourth-order valence-corrected chi connectivity index (χ4v) is 6.15. The number of halogens is 1. The van der Waals surface area contributed by atoms with Crippen molar-refractivity contribution >= 4 is 50.5 Å². The monoisotopic (exact) mass is 482 g/mol. The third-order valence-corrected chi connectivity index (χ3v) is 8.10. The summed E-state index contributed by atoms with van der Waals surface area (Å²) < 4.78 is 0. The van der Waals surface area contributed by atoms with E-state index in [4.69, 9.17) is 0 Å². The van der Waals surface area contributed by atoms with Crippen LogP contribution in [-0.2, 0) is 5.33 Å². The maximum atomic E-state index is 3.44. The molecule has 0 aromatic heterocycles. The maximum Gasteiger partial charge on any atom is 0.0283 e. The van der Waals surface area contributed by atoms with Crippen LogP contribution in [0.15, 0.2) is 133 Å². The van der Waals surface area contributed by atoms with Crippen molar-refractivity contribution in [1.82, 2.24) is 0 Å². The van der Waals surface area contributed by atoms with Gasteiger partial charge in [0, 0.05) is 5.33 Å². The van der Waals surface area contributed by atoms with Gasteiger partial charge in [0.2, 0.25) is 0 Å². The van der Waals surface area contributed by atoms with Crippen molar-refractivity contribution in [2.75, 3.05) is 0 Å². The normalized spacial score (nSPS) is 10.5. The molecule has 0 atom stereocenters. The molecule has 0 aliphatic carbocycles. The number of rotatable bonds is 4. The summed E-state index contributed by atoms with van der Waals surface area (Å²) in [7, 11) is -0.446. The Labute approximate surface area is 194 Å². The smallest absolute Gasteiger partial charge is 0.0283 e. The van der Waals surface area contributed by atoms with E-state index in [2.05, 4.69) is 149 Å². The second kappa shape index (κ2) is 11.0. The first-order chi connectivity index (χ1) is 15.3. The first kappa shape index (κ1) is 21.5. The average molecular weight is 483 g/mol. The van der Waals surface area contributed by atoms with Crippen LogP contribution in [-0.4, -0.2) is 0 Å². The number of hydrogen-bond acceptors (Lipinski definition) is 0. The molecule has 0 fully saturated rings. The molecule has 0 saturated heterocycles. The highest BCUT2D eigenvalue weighted by Gasteiger charge is 2.14. The standard InChI is InChI=1S/C18H15P.C11H9Br/c1-4-10-16(11-5-1)19(17-12-6-2-7-13-17)18-14-8-3-9-15-18;12-8-9-5-6-10-3-1-2-4-11(10)7-9/h1-15H;1-7H,8H2. The van der Waals surface area contributed by atoms with E-state index >= 15 is 0 Å². The molecule has 5 aromatic carbocycles. The van der Waals surface area contributed by atoms with Crippen molar-refractivity contribution in [2.45, 2.75) is 5.33 Å². The summed E-state index contributed by atoms with van der Waals surface area (Å²) in [4.78, 5) is 0. The van der Waals surface area contributed by atoms with Gasteiger partial charge >= 0.3 is 0 Å². The van der Waals surface area contributed by atoms with Crippen LogP contribution in [0.3, 0.4) is 0 Å². The van der Waals surface area contributed by atoms with Crippen LogP contribution in [0, 0.1) is 0 Å². The highest BCUT2D eigenvalue weighted by molar-refractivity contribution is 9.08. The van der Waals surface area contributed by atoms with Gasteiger partial charge in [0.05, 0.1) is 0 Å². The van der Waals surface area contributed by atoms with Crippen molar-refractivity contribution in [1.29, 1.82) is 0 Å². The van der Waals surface area contributed by atoms with E-state index < -0.39 is 7.92 Å². The van der Waals surface area contributed by atoms with E-state index in [-0.39, 0.29) is 0 Å². The van der Waals surface area contributed by atoms with Gasteiger partial charge in [-0.1, -0.05) is 149 Å². The summed E-state index contributed by atoms with van der Waals surface area (Å²) >= 11 is 3.44. The molecule has 0 radical (unpaired) electrons. The number of hydrogen-bond donors (Lipinski definition) is 0.